The van der Waals surface area contributed by atoms with Crippen LogP contribution < -0.4 is 10.1 Å². The van der Waals surface area contributed by atoms with Gasteiger partial charge in [0.05, 0.1) is 12.0 Å². The number of rotatable bonds is 4. The lowest BCUT2D eigenvalue weighted by atomic mass is 9.48. The van der Waals surface area contributed by atoms with E-state index in [-0.39, 0.29) is 16.6 Å². The molecule has 36 heavy (non-hydrogen) atoms. The number of methoxy groups -OCH3 is 1. The Morgan fingerprint density at radius 2 is 1.50 bits per heavy atom. The molecule has 3 aromatic rings. The Hall–Kier alpha value is -3.05. The molecule has 1 N–H and O–H groups in total. The van der Waals surface area contributed by atoms with Gasteiger partial charge in [-0.1, -0.05) is 30.3 Å². The van der Waals surface area contributed by atoms with E-state index >= 15 is 0 Å². The molecule has 3 aromatic carbocycles. The van der Waals surface area contributed by atoms with E-state index in [1.54, 1.807) is 6.08 Å². The van der Waals surface area contributed by atoms with Crippen LogP contribution in [0.5, 0.6) is 5.75 Å². The molecule has 4 aliphatic carbocycles. The second kappa shape index (κ2) is 8.24. The number of thioether (sulfide) groups is 1. The summed E-state index contributed by atoms with van der Waals surface area (Å²) in [5, 5.41) is 4.26. The third kappa shape index (κ3) is 3.67. The zero-order valence-electron chi connectivity index (χ0n) is 20.4. The number of carbonyl (C=O) groups is 2. The summed E-state index contributed by atoms with van der Waals surface area (Å²) in [5.74, 6) is 3.39. The van der Waals surface area contributed by atoms with Gasteiger partial charge in [-0.25, -0.2) is 0 Å². The van der Waals surface area contributed by atoms with Crippen LogP contribution in [-0.2, 0) is 10.2 Å². The molecule has 5 aliphatic rings. The van der Waals surface area contributed by atoms with E-state index in [0.29, 0.717) is 4.91 Å². The van der Waals surface area contributed by atoms with Gasteiger partial charge in [0.25, 0.3) is 11.1 Å². The Morgan fingerprint density at radius 3 is 2.17 bits per heavy atom. The van der Waals surface area contributed by atoms with E-state index in [4.69, 9.17) is 4.74 Å². The van der Waals surface area contributed by atoms with E-state index < -0.39 is 0 Å². The first-order valence-corrected chi connectivity index (χ1v) is 13.8. The summed E-state index contributed by atoms with van der Waals surface area (Å²) in [6.07, 6.45) is 10.0. The molecule has 0 radical (unpaired) electrons. The minimum Gasteiger partial charge on any atom is -0.496 e. The molecule has 1 saturated heterocycles. The number of ether oxygens (including phenoxy) is 1. The summed E-state index contributed by atoms with van der Waals surface area (Å²) in [7, 11) is 1.81. The molecule has 4 nitrogen and oxygen atoms in total. The van der Waals surface area contributed by atoms with Crippen molar-refractivity contribution in [1.82, 2.24) is 5.32 Å². The monoisotopic (exact) mass is 495 g/mol. The van der Waals surface area contributed by atoms with Crippen molar-refractivity contribution in [1.29, 1.82) is 0 Å². The second-order valence-electron chi connectivity index (χ2n) is 11.3. The van der Waals surface area contributed by atoms with Crippen LogP contribution in [0.2, 0.25) is 0 Å². The van der Waals surface area contributed by atoms with Crippen molar-refractivity contribution in [2.75, 3.05) is 7.11 Å². The van der Waals surface area contributed by atoms with Gasteiger partial charge in [0.1, 0.15) is 5.75 Å². The zero-order chi connectivity index (χ0) is 24.4. The van der Waals surface area contributed by atoms with E-state index in [0.717, 1.165) is 51.6 Å². The van der Waals surface area contributed by atoms with Crippen molar-refractivity contribution in [3.05, 3.63) is 70.6 Å². The highest BCUT2D eigenvalue weighted by Crippen LogP contribution is 2.62. The molecule has 5 fully saturated rings. The Balaban J connectivity index is 1.24. The standard InChI is InChI=1S/C31H29NO3S/c1-35-27-7-6-25(14-26(27)31-15-19-8-20(16-31)10-21(9-19)17-31)24-5-4-22-11-18(2-3-23(22)13-24)12-28-29(33)32-30(34)36-28/h2-7,11-14,19-21H,8-10,15-17H2,1H3,(H,32,33,34). The maximum atomic E-state index is 11.9. The lowest BCUT2D eigenvalue weighted by molar-refractivity contribution is -0.115. The molecule has 0 spiro atoms. The van der Waals surface area contributed by atoms with Crippen LogP contribution in [0.1, 0.15) is 49.7 Å². The van der Waals surface area contributed by atoms with Crippen LogP contribution in [0.4, 0.5) is 4.79 Å². The molecule has 8 rings (SSSR count). The maximum Gasteiger partial charge on any atom is 0.290 e. The summed E-state index contributed by atoms with van der Waals surface area (Å²) < 4.78 is 5.92. The predicted molar refractivity (Wildman–Crippen MR) is 145 cm³/mol. The normalized spacial score (nSPS) is 29.8. The molecule has 5 heteroatoms. The van der Waals surface area contributed by atoms with Crippen molar-refractivity contribution >= 4 is 39.8 Å². The molecule has 1 aliphatic heterocycles. The molecular formula is C31H29NO3S. The van der Waals surface area contributed by atoms with Crippen molar-refractivity contribution in [2.45, 2.75) is 43.9 Å². The number of benzene rings is 3. The van der Waals surface area contributed by atoms with Crippen LogP contribution >= 0.6 is 11.8 Å². The lowest BCUT2D eigenvalue weighted by Crippen LogP contribution is -2.48. The third-order valence-electron chi connectivity index (χ3n) is 8.95. The summed E-state index contributed by atoms with van der Waals surface area (Å²) in [4.78, 5) is 23.8. The first-order chi connectivity index (χ1) is 17.5. The number of amides is 2. The third-order valence-corrected chi connectivity index (χ3v) is 9.76. The van der Waals surface area contributed by atoms with Gasteiger partial charge in [0.2, 0.25) is 0 Å². The van der Waals surface area contributed by atoms with Gasteiger partial charge in [0.15, 0.2) is 0 Å². The topological polar surface area (TPSA) is 55.4 Å². The summed E-state index contributed by atoms with van der Waals surface area (Å²) in [6.45, 7) is 0. The minimum atomic E-state index is -0.324. The second-order valence-corrected chi connectivity index (χ2v) is 12.3. The van der Waals surface area contributed by atoms with Gasteiger partial charge in [0, 0.05) is 5.56 Å². The number of fused-ring (bicyclic) bond motifs is 1. The van der Waals surface area contributed by atoms with Crippen molar-refractivity contribution in [3.8, 4) is 16.9 Å². The molecule has 4 bridgehead atoms. The minimum absolute atomic E-state index is 0.279. The van der Waals surface area contributed by atoms with Crippen molar-refractivity contribution in [3.63, 3.8) is 0 Å². The Labute approximate surface area is 215 Å². The van der Waals surface area contributed by atoms with Crippen molar-refractivity contribution in [2.24, 2.45) is 17.8 Å². The van der Waals surface area contributed by atoms with Crippen LogP contribution in [0.25, 0.3) is 28.0 Å². The molecule has 1 heterocycles. The first-order valence-electron chi connectivity index (χ1n) is 13.0. The largest absolute Gasteiger partial charge is 0.496 e. The van der Waals surface area contributed by atoms with Gasteiger partial charge in [-0.3, -0.25) is 14.9 Å². The molecule has 4 saturated carbocycles. The number of hydrogen-bond acceptors (Lipinski definition) is 4. The Morgan fingerprint density at radius 1 is 0.861 bits per heavy atom. The summed E-state index contributed by atoms with van der Waals surface area (Å²) >= 11 is 0.949. The summed E-state index contributed by atoms with van der Waals surface area (Å²) in [6, 6.07) is 19.5. The van der Waals surface area contributed by atoms with Crippen LogP contribution in [-0.4, -0.2) is 18.3 Å². The smallest absolute Gasteiger partial charge is 0.290 e. The average molecular weight is 496 g/mol. The number of carbonyl (C=O) groups excluding carboxylic acids is 2. The SMILES string of the molecule is COc1ccc(-c2ccc3cc(C=C4SC(=O)NC4=O)ccc3c2)cc1C12CC3CC(CC(C3)C1)C2. The van der Waals surface area contributed by atoms with E-state index in [1.165, 1.54) is 55.2 Å². The van der Waals surface area contributed by atoms with Gasteiger partial charge < -0.3 is 4.74 Å². The molecule has 182 valence electrons. The van der Waals surface area contributed by atoms with Crippen LogP contribution in [0, 0.1) is 17.8 Å². The number of hydrogen-bond donors (Lipinski definition) is 1. The van der Waals surface area contributed by atoms with Gasteiger partial charge in [-0.15, -0.1) is 0 Å². The van der Waals surface area contributed by atoms with Crippen LogP contribution in [0.3, 0.4) is 0 Å². The van der Waals surface area contributed by atoms with E-state index in [9.17, 15) is 9.59 Å². The molecule has 0 aromatic heterocycles. The molecule has 2 amide bonds. The molecule has 0 unspecified atom stereocenters. The van der Waals surface area contributed by atoms with Crippen molar-refractivity contribution < 1.29 is 14.3 Å². The fourth-order valence-electron chi connectivity index (χ4n) is 7.85. The number of nitrogens with one attached hydrogen (secondary N) is 1. The van der Waals surface area contributed by atoms with E-state index in [2.05, 4.69) is 53.8 Å². The molecular weight excluding hydrogens is 466 g/mol. The summed E-state index contributed by atoms with van der Waals surface area (Å²) in [5.41, 5.74) is 5.06. The highest BCUT2D eigenvalue weighted by molar-refractivity contribution is 8.18. The Bertz CT molecular complexity index is 1420. The first kappa shape index (κ1) is 22.2. The quantitative estimate of drug-likeness (QED) is 0.386. The highest BCUT2D eigenvalue weighted by atomic mass is 32.2. The van der Waals surface area contributed by atoms with E-state index in [1.807, 2.05) is 13.2 Å². The Kier molecular flexibility index (Phi) is 5.07. The number of imide groups is 1. The fraction of sp³-hybridized carbons (Fsp3) is 0.355. The predicted octanol–water partition coefficient (Wildman–Crippen LogP) is 7.31. The van der Waals surface area contributed by atoms with Gasteiger partial charge in [-0.05, 0) is 131 Å². The van der Waals surface area contributed by atoms with Gasteiger partial charge >= 0.3 is 0 Å². The average Bonchev–Trinajstić information content (AvgIpc) is 3.18. The highest BCUT2D eigenvalue weighted by Gasteiger charge is 2.52. The van der Waals surface area contributed by atoms with Crippen LogP contribution in [0.15, 0.2) is 59.5 Å². The lowest BCUT2D eigenvalue weighted by Gasteiger charge is -2.57. The zero-order valence-corrected chi connectivity index (χ0v) is 21.2. The molecule has 0 atom stereocenters. The fourth-order valence-corrected chi connectivity index (χ4v) is 8.53. The maximum absolute atomic E-state index is 11.9. The van der Waals surface area contributed by atoms with Gasteiger partial charge in [-0.2, -0.15) is 0 Å².